The van der Waals surface area contributed by atoms with E-state index in [-0.39, 0.29) is 17.6 Å². The van der Waals surface area contributed by atoms with Crippen molar-refractivity contribution in [3.05, 3.63) is 0 Å². The molecule has 0 amide bonds. The van der Waals surface area contributed by atoms with Crippen molar-refractivity contribution in [1.29, 1.82) is 0 Å². The Kier molecular flexibility index (Phi) is 2.56. The summed E-state index contributed by atoms with van der Waals surface area (Å²) in [4.78, 5) is 0. The largest absolute Gasteiger partial charge is 0.393 e. The van der Waals surface area contributed by atoms with Crippen LogP contribution in [0.3, 0.4) is 0 Å². The van der Waals surface area contributed by atoms with Crippen molar-refractivity contribution in [2.45, 2.75) is 64.1 Å². The zero-order valence-corrected chi connectivity index (χ0v) is 10.2. The molecule has 0 aromatic heterocycles. The predicted molar refractivity (Wildman–Crippen MR) is 62.9 cm³/mol. The Labute approximate surface area is 98.1 Å². The van der Waals surface area contributed by atoms with Crippen molar-refractivity contribution in [2.75, 3.05) is 0 Å². The van der Waals surface area contributed by atoms with Crippen molar-refractivity contribution < 1.29 is 10.2 Å². The van der Waals surface area contributed by atoms with E-state index >= 15 is 0 Å². The maximum Gasteiger partial charge on any atom is 0.0596 e. The molecule has 0 spiro atoms. The highest BCUT2D eigenvalue weighted by molar-refractivity contribution is 5.05. The molecule has 3 saturated carbocycles. The number of rotatable bonds is 0. The van der Waals surface area contributed by atoms with E-state index in [4.69, 9.17) is 0 Å². The molecular weight excluding hydrogens is 200 g/mol. The Morgan fingerprint density at radius 2 is 1.81 bits per heavy atom. The van der Waals surface area contributed by atoms with Gasteiger partial charge in [0.15, 0.2) is 0 Å². The van der Waals surface area contributed by atoms with E-state index in [0.29, 0.717) is 11.8 Å². The van der Waals surface area contributed by atoms with Gasteiger partial charge in [-0.25, -0.2) is 0 Å². The van der Waals surface area contributed by atoms with Gasteiger partial charge >= 0.3 is 0 Å². The lowest BCUT2D eigenvalue weighted by Crippen LogP contribution is -2.49. The molecule has 16 heavy (non-hydrogen) atoms. The second-order valence-electron chi connectivity index (χ2n) is 6.58. The third-order valence-corrected chi connectivity index (χ3v) is 5.94. The molecule has 3 rings (SSSR count). The zero-order valence-electron chi connectivity index (χ0n) is 10.2. The quantitative estimate of drug-likeness (QED) is 0.663. The molecule has 3 aliphatic carbocycles. The van der Waals surface area contributed by atoms with Crippen LogP contribution in [0.25, 0.3) is 0 Å². The van der Waals surface area contributed by atoms with Gasteiger partial charge in [0, 0.05) is 0 Å². The fourth-order valence-corrected chi connectivity index (χ4v) is 4.95. The van der Waals surface area contributed by atoms with Crippen LogP contribution in [0.15, 0.2) is 0 Å². The lowest BCUT2D eigenvalue weighted by Gasteiger charge is -2.51. The molecule has 3 aliphatic rings. The van der Waals surface area contributed by atoms with Gasteiger partial charge in [-0.05, 0) is 61.7 Å². The van der Waals surface area contributed by atoms with Crippen LogP contribution in [0.1, 0.15) is 51.9 Å². The zero-order chi connectivity index (χ0) is 11.3. The maximum atomic E-state index is 10.3. The first-order valence-corrected chi connectivity index (χ1v) is 6.99. The second kappa shape index (κ2) is 3.71. The van der Waals surface area contributed by atoms with Crippen LogP contribution in [-0.2, 0) is 0 Å². The molecule has 0 radical (unpaired) electrons. The van der Waals surface area contributed by atoms with E-state index in [0.717, 1.165) is 25.2 Å². The van der Waals surface area contributed by atoms with Crippen molar-refractivity contribution in [3.63, 3.8) is 0 Å². The number of aliphatic hydroxyl groups excluding tert-OH is 2. The number of fused-ring (bicyclic) bond motifs is 3. The SMILES string of the molecule is C[C@]12CCC3CCCC(O)C3C1CC[C@@H]2O. The van der Waals surface area contributed by atoms with Gasteiger partial charge in [-0.2, -0.15) is 0 Å². The third kappa shape index (κ3) is 1.39. The van der Waals surface area contributed by atoms with Crippen LogP contribution in [0.4, 0.5) is 0 Å². The monoisotopic (exact) mass is 224 g/mol. The molecule has 0 saturated heterocycles. The molecule has 0 aromatic rings. The molecule has 2 heteroatoms. The van der Waals surface area contributed by atoms with Crippen molar-refractivity contribution >= 4 is 0 Å². The van der Waals surface area contributed by atoms with Gasteiger partial charge < -0.3 is 10.2 Å². The molecule has 92 valence electrons. The standard InChI is InChI=1S/C14H24O2/c1-14-8-7-9-3-2-4-11(15)13(9)10(14)5-6-12(14)16/h9-13,15-16H,2-8H2,1H3/t9?,10?,11?,12-,13?,14-/m0/s1. The fraction of sp³-hybridized carbons (Fsp3) is 1.00. The highest BCUT2D eigenvalue weighted by Crippen LogP contribution is 2.59. The predicted octanol–water partition coefficient (Wildman–Crippen LogP) is 2.33. The summed E-state index contributed by atoms with van der Waals surface area (Å²) in [6.07, 6.45) is 7.79. The fourth-order valence-electron chi connectivity index (χ4n) is 4.95. The average Bonchev–Trinajstić information content (AvgIpc) is 2.56. The summed E-state index contributed by atoms with van der Waals surface area (Å²) in [5.41, 5.74) is 0.111. The summed E-state index contributed by atoms with van der Waals surface area (Å²) in [6, 6.07) is 0. The summed E-state index contributed by atoms with van der Waals surface area (Å²) in [5.74, 6) is 1.81. The van der Waals surface area contributed by atoms with Crippen molar-refractivity contribution in [3.8, 4) is 0 Å². The summed E-state index contributed by atoms with van der Waals surface area (Å²) < 4.78 is 0. The lowest BCUT2D eigenvalue weighted by molar-refractivity contribution is -0.0927. The summed E-state index contributed by atoms with van der Waals surface area (Å²) in [7, 11) is 0. The highest BCUT2D eigenvalue weighted by atomic mass is 16.3. The van der Waals surface area contributed by atoms with Gasteiger partial charge in [0.2, 0.25) is 0 Å². The molecule has 0 aliphatic heterocycles. The van der Waals surface area contributed by atoms with Crippen molar-refractivity contribution in [2.24, 2.45) is 23.2 Å². The number of hydrogen-bond donors (Lipinski definition) is 2. The molecular formula is C14H24O2. The van der Waals surface area contributed by atoms with Crippen LogP contribution in [0, 0.1) is 23.2 Å². The van der Waals surface area contributed by atoms with Crippen LogP contribution in [0.5, 0.6) is 0 Å². The van der Waals surface area contributed by atoms with Crippen LogP contribution < -0.4 is 0 Å². The van der Waals surface area contributed by atoms with Gasteiger partial charge in [-0.3, -0.25) is 0 Å². The second-order valence-corrected chi connectivity index (χ2v) is 6.58. The smallest absolute Gasteiger partial charge is 0.0596 e. The first-order valence-electron chi connectivity index (χ1n) is 6.99. The minimum atomic E-state index is -0.118. The molecule has 0 bridgehead atoms. The average molecular weight is 224 g/mol. The van der Waals surface area contributed by atoms with Crippen molar-refractivity contribution in [1.82, 2.24) is 0 Å². The first-order chi connectivity index (χ1) is 7.63. The van der Waals surface area contributed by atoms with Crippen LogP contribution in [0.2, 0.25) is 0 Å². The van der Waals surface area contributed by atoms with Gasteiger partial charge in [0.05, 0.1) is 12.2 Å². The Balaban J connectivity index is 1.89. The Morgan fingerprint density at radius 3 is 2.62 bits per heavy atom. The van der Waals surface area contributed by atoms with Gasteiger partial charge in [0.1, 0.15) is 0 Å². The Morgan fingerprint density at radius 1 is 1.00 bits per heavy atom. The number of aliphatic hydroxyl groups is 2. The molecule has 3 fully saturated rings. The van der Waals surface area contributed by atoms with E-state index in [1.165, 1.54) is 25.7 Å². The highest BCUT2D eigenvalue weighted by Gasteiger charge is 2.55. The first kappa shape index (κ1) is 11.0. The number of hydrogen-bond acceptors (Lipinski definition) is 2. The summed E-state index contributed by atoms with van der Waals surface area (Å²) >= 11 is 0. The van der Waals surface area contributed by atoms with E-state index in [2.05, 4.69) is 6.92 Å². The molecule has 2 N–H and O–H groups in total. The normalized spacial score (nSPS) is 56.8. The van der Waals surface area contributed by atoms with Gasteiger partial charge in [0.25, 0.3) is 0 Å². The third-order valence-electron chi connectivity index (χ3n) is 5.94. The molecule has 6 atom stereocenters. The van der Waals surface area contributed by atoms with Gasteiger partial charge in [-0.15, -0.1) is 0 Å². The minimum Gasteiger partial charge on any atom is -0.393 e. The van der Waals surface area contributed by atoms with E-state index in [1.54, 1.807) is 0 Å². The summed E-state index contributed by atoms with van der Waals surface area (Å²) in [5, 5.41) is 20.4. The van der Waals surface area contributed by atoms with E-state index in [1.807, 2.05) is 0 Å². The minimum absolute atomic E-state index is 0.0892. The maximum absolute atomic E-state index is 10.3. The van der Waals surface area contributed by atoms with E-state index in [9.17, 15) is 10.2 Å². The molecule has 0 aromatic carbocycles. The van der Waals surface area contributed by atoms with Gasteiger partial charge in [-0.1, -0.05) is 13.3 Å². The lowest BCUT2D eigenvalue weighted by atomic mass is 9.55. The summed E-state index contributed by atoms with van der Waals surface area (Å²) in [6.45, 7) is 2.26. The molecule has 0 heterocycles. The Hall–Kier alpha value is -0.0800. The topological polar surface area (TPSA) is 40.5 Å². The van der Waals surface area contributed by atoms with Crippen LogP contribution in [-0.4, -0.2) is 22.4 Å². The van der Waals surface area contributed by atoms with Crippen LogP contribution >= 0.6 is 0 Å². The molecule has 2 nitrogen and oxygen atoms in total. The van der Waals surface area contributed by atoms with E-state index < -0.39 is 0 Å². The Bertz CT molecular complexity index is 278. The molecule has 4 unspecified atom stereocenters.